The number of benzene rings is 1. The Kier molecular flexibility index (Phi) is 5.03. The van der Waals surface area contributed by atoms with Crippen molar-refractivity contribution in [1.82, 2.24) is 0 Å². The maximum absolute atomic E-state index is 12.3. The number of amides is 1. The van der Waals surface area contributed by atoms with Gasteiger partial charge in [-0.25, -0.2) is 4.79 Å². The highest BCUT2D eigenvalue weighted by Crippen LogP contribution is 2.30. The number of esters is 1. The van der Waals surface area contributed by atoms with Gasteiger partial charge in [-0.2, -0.15) is 0 Å². The average molecular weight is 389 g/mol. The summed E-state index contributed by atoms with van der Waals surface area (Å²) < 4.78 is 5.49. The zero-order chi connectivity index (χ0) is 15.6. The number of carbonyl (C=O) groups is 2. The summed E-state index contributed by atoms with van der Waals surface area (Å²) in [4.78, 5) is 24.3. The first-order valence-corrected chi connectivity index (χ1v) is 7.92. The number of rotatable bonds is 3. The van der Waals surface area contributed by atoms with Crippen molar-refractivity contribution in [2.45, 2.75) is 6.92 Å². The Hall–Kier alpha value is -1.37. The van der Waals surface area contributed by atoms with Gasteiger partial charge in [-0.3, -0.25) is 4.79 Å². The van der Waals surface area contributed by atoms with Crippen LogP contribution in [0, 0.1) is 6.92 Å². The molecule has 1 aromatic carbocycles. The van der Waals surface area contributed by atoms with E-state index in [-0.39, 0.29) is 5.91 Å². The summed E-state index contributed by atoms with van der Waals surface area (Å²) in [5.74, 6) is -0.857. The van der Waals surface area contributed by atoms with E-state index in [1.165, 1.54) is 18.4 Å². The molecule has 21 heavy (non-hydrogen) atoms. The first kappa shape index (κ1) is 16.0. The Morgan fingerprint density at radius 1 is 1.38 bits per heavy atom. The zero-order valence-electron chi connectivity index (χ0n) is 11.2. The second-order valence-corrected chi connectivity index (χ2v) is 6.40. The van der Waals surface area contributed by atoms with Gasteiger partial charge in [0.15, 0.2) is 0 Å². The second kappa shape index (κ2) is 6.60. The number of ether oxygens (including phenoxy) is 1. The quantitative estimate of drug-likeness (QED) is 0.787. The third kappa shape index (κ3) is 3.45. The predicted octanol–water partition coefficient (Wildman–Crippen LogP) is 4.51. The van der Waals surface area contributed by atoms with Gasteiger partial charge in [-0.05, 0) is 36.1 Å². The fourth-order valence-electron chi connectivity index (χ4n) is 1.70. The van der Waals surface area contributed by atoms with Gasteiger partial charge >= 0.3 is 5.97 Å². The maximum Gasteiger partial charge on any atom is 0.350 e. The van der Waals surface area contributed by atoms with Crippen LogP contribution in [0.2, 0.25) is 5.02 Å². The molecule has 2 aromatic rings. The topological polar surface area (TPSA) is 55.4 Å². The second-order valence-electron chi connectivity index (χ2n) is 4.19. The van der Waals surface area contributed by atoms with Crippen LogP contribution in [-0.2, 0) is 4.74 Å². The van der Waals surface area contributed by atoms with Gasteiger partial charge in [0.05, 0.1) is 23.4 Å². The Labute approximate surface area is 139 Å². The highest BCUT2D eigenvalue weighted by Gasteiger charge is 2.20. The lowest BCUT2D eigenvalue weighted by atomic mass is 10.2. The van der Waals surface area contributed by atoms with Crippen LogP contribution in [0.5, 0.6) is 0 Å². The minimum absolute atomic E-state index is 0.328. The Morgan fingerprint density at radius 2 is 2.10 bits per heavy atom. The molecule has 0 spiro atoms. The van der Waals surface area contributed by atoms with Gasteiger partial charge in [0.2, 0.25) is 0 Å². The van der Waals surface area contributed by atoms with Crippen molar-refractivity contribution in [2.75, 3.05) is 12.4 Å². The van der Waals surface area contributed by atoms with E-state index in [4.69, 9.17) is 16.3 Å². The highest BCUT2D eigenvalue weighted by molar-refractivity contribution is 9.10. The molecule has 0 radical (unpaired) electrons. The van der Waals surface area contributed by atoms with Gasteiger partial charge < -0.3 is 10.1 Å². The molecule has 1 aromatic heterocycles. The smallest absolute Gasteiger partial charge is 0.350 e. The van der Waals surface area contributed by atoms with Crippen LogP contribution in [0.1, 0.15) is 25.6 Å². The van der Waals surface area contributed by atoms with E-state index in [1.54, 1.807) is 23.6 Å². The number of methoxy groups -OCH3 is 1. The molecular formula is C14H11BrClNO3S. The third-order valence-electron chi connectivity index (χ3n) is 2.76. The number of halogens is 2. The lowest BCUT2D eigenvalue weighted by molar-refractivity contribution is 0.0607. The molecule has 0 fully saturated rings. The molecular weight excluding hydrogens is 378 g/mol. The highest BCUT2D eigenvalue weighted by atomic mass is 79.9. The number of hydrogen-bond acceptors (Lipinski definition) is 4. The summed E-state index contributed by atoms with van der Waals surface area (Å²) in [6.07, 6.45) is 0. The van der Waals surface area contributed by atoms with Crippen molar-refractivity contribution in [3.63, 3.8) is 0 Å². The van der Waals surface area contributed by atoms with E-state index in [9.17, 15) is 9.59 Å². The molecule has 1 heterocycles. The number of carbonyl (C=O) groups excluding carboxylic acids is 2. The molecule has 110 valence electrons. The van der Waals surface area contributed by atoms with E-state index in [2.05, 4.69) is 21.2 Å². The normalized spacial score (nSPS) is 10.3. The molecule has 7 heteroatoms. The SMILES string of the molecule is COC(=O)c1scc(C)c1NC(=O)c1ccc(Br)cc1Cl. The standard InChI is InChI=1S/C14H11BrClNO3S/c1-7-6-21-12(14(19)20-2)11(7)17-13(18)9-4-3-8(15)5-10(9)16/h3-6H,1-2H3,(H,17,18). The van der Waals surface area contributed by atoms with E-state index < -0.39 is 5.97 Å². The number of thiophene rings is 1. The number of hydrogen-bond donors (Lipinski definition) is 1. The Morgan fingerprint density at radius 3 is 2.71 bits per heavy atom. The summed E-state index contributed by atoms with van der Waals surface area (Å²) in [5.41, 5.74) is 1.58. The van der Waals surface area contributed by atoms with Gasteiger partial charge in [-0.1, -0.05) is 27.5 Å². The summed E-state index contributed by atoms with van der Waals surface area (Å²) >= 11 is 10.6. The third-order valence-corrected chi connectivity index (χ3v) is 4.64. The molecule has 0 aliphatic heterocycles. The minimum Gasteiger partial charge on any atom is -0.465 e. The lowest BCUT2D eigenvalue weighted by Gasteiger charge is -2.08. The van der Waals surface area contributed by atoms with Crippen LogP contribution < -0.4 is 5.32 Å². The molecule has 0 unspecified atom stereocenters. The lowest BCUT2D eigenvalue weighted by Crippen LogP contribution is -2.15. The molecule has 1 amide bonds. The van der Waals surface area contributed by atoms with Gasteiger partial charge in [0.1, 0.15) is 4.88 Å². The van der Waals surface area contributed by atoms with Crippen molar-refractivity contribution in [3.05, 3.63) is 49.1 Å². The molecule has 0 atom stereocenters. The van der Waals surface area contributed by atoms with E-state index in [1.807, 2.05) is 6.92 Å². The minimum atomic E-state index is -0.481. The van der Waals surface area contributed by atoms with Crippen molar-refractivity contribution in [2.24, 2.45) is 0 Å². The van der Waals surface area contributed by atoms with Crippen molar-refractivity contribution < 1.29 is 14.3 Å². The first-order chi connectivity index (χ1) is 9.93. The molecule has 4 nitrogen and oxygen atoms in total. The Balaban J connectivity index is 2.32. The molecule has 0 saturated heterocycles. The number of aryl methyl sites for hydroxylation is 1. The van der Waals surface area contributed by atoms with E-state index in [0.29, 0.717) is 21.2 Å². The summed E-state index contributed by atoms with van der Waals surface area (Å²) in [6.45, 7) is 1.81. The number of anilines is 1. The molecule has 2 rings (SSSR count). The Bertz CT molecular complexity index is 714. The number of nitrogens with one attached hydrogen (secondary N) is 1. The monoisotopic (exact) mass is 387 g/mol. The average Bonchev–Trinajstić information content (AvgIpc) is 2.79. The first-order valence-electron chi connectivity index (χ1n) is 5.87. The summed E-state index contributed by atoms with van der Waals surface area (Å²) in [6, 6.07) is 4.97. The van der Waals surface area contributed by atoms with E-state index in [0.717, 1.165) is 10.0 Å². The van der Waals surface area contributed by atoms with Crippen LogP contribution in [0.3, 0.4) is 0 Å². The van der Waals surface area contributed by atoms with Crippen molar-refractivity contribution in [3.8, 4) is 0 Å². The fourth-order valence-corrected chi connectivity index (χ4v) is 3.38. The van der Waals surface area contributed by atoms with Crippen molar-refractivity contribution >= 4 is 56.4 Å². The molecule has 0 aliphatic rings. The van der Waals surface area contributed by atoms with Crippen LogP contribution >= 0.6 is 38.9 Å². The fraction of sp³-hybridized carbons (Fsp3) is 0.143. The summed E-state index contributed by atoms with van der Waals surface area (Å²) in [7, 11) is 1.30. The van der Waals surface area contributed by atoms with Gasteiger partial charge in [0, 0.05) is 4.47 Å². The molecule has 0 aliphatic carbocycles. The zero-order valence-corrected chi connectivity index (χ0v) is 14.4. The van der Waals surface area contributed by atoms with Crippen molar-refractivity contribution in [1.29, 1.82) is 0 Å². The molecule has 1 N–H and O–H groups in total. The molecule has 0 bridgehead atoms. The molecule has 0 saturated carbocycles. The van der Waals surface area contributed by atoms with Gasteiger partial charge in [0.25, 0.3) is 5.91 Å². The summed E-state index contributed by atoms with van der Waals surface area (Å²) in [5, 5.41) is 4.83. The van der Waals surface area contributed by atoms with Crippen LogP contribution in [0.4, 0.5) is 5.69 Å². The largest absolute Gasteiger partial charge is 0.465 e. The van der Waals surface area contributed by atoms with E-state index >= 15 is 0 Å². The predicted molar refractivity (Wildman–Crippen MR) is 87.5 cm³/mol. The van der Waals surface area contributed by atoms with Crippen LogP contribution in [0.25, 0.3) is 0 Å². The van der Waals surface area contributed by atoms with Crippen LogP contribution in [-0.4, -0.2) is 19.0 Å². The maximum atomic E-state index is 12.3. The van der Waals surface area contributed by atoms with Gasteiger partial charge in [-0.15, -0.1) is 11.3 Å². The van der Waals surface area contributed by atoms with Crippen LogP contribution in [0.15, 0.2) is 28.1 Å².